The minimum absolute atomic E-state index is 0.166. The number of hydrogen-bond donors (Lipinski definition) is 1. The third-order valence-corrected chi connectivity index (χ3v) is 4.27. The molecule has 1 aliphatic rings. The molecule has 1 unspecified atom stereocenters. The van der Waals surface area contributed by atoms with E-state index in [0.717, 1.165) is 5.56 Å². The van der Waals surface area contributed by atoms with Crippen LogP contribution in [0, 0.1) is 0 Å². The lowest BCUT2D eigenvalue weighted by molar-refractivity contribution is -0.125. The molecule has 0 aliphatic carbocycles. The van der Waals surface area contributed by atoms with Crippen LogP contribution < -0.4 is 5.73 Å². The minimum atomic E-state index is -0.494. The van der Waals surface area contributed by atoms with Gasteiger partial charge in [-0.25, -0.2) is 0 Å². The summed E-state index contributed by atoms with van der Waals surface area (Å²) in [6, 6.07) is 11.1. The zero-order chi connectivity index (χ0) is 17.1. The SMILES string of the molecule is Cn1ccc(C(=O)N2CCN(Cc3ccccc3)C(C(N)=O)C2)n1. The maximum Gasteiger partial charge on any atom is 0.274 e. The Morgan fingerprint density at radius 3 is 2.58 bits per heavy atom. The summed E-state index contributed by atoms with van der Waals surface area (Å²) in [5.74, 6) is -0.578. The van der Waals surface area contributed by atoms with Gasteiger partial charge in [0.25, 0.3) is 5.91 Å². The average Bonchev–Trinajstić information content (AvgIpc) is 3.02. The summed E-state index contributed by atoms with van der Waals surface area (Å²) in [6.45, 7) is 2.07. The quantitative estimate of drug-likeness (QED) is 0.871. The van der Waals surface area contributed by atoms with E-state index >= 15 is 0 Å². The first-order chi connectivity index (χ1) is 11.5. The molecule has 0 bridgehead atoms. The molecule has 7 heteroatoms. The molecule has 2 N–H and O–H groups in total. The lowest BCUT2D eigenvalue weighted by Gasteiger charge is -2.39. The zero-order valence-corrected chi connectivity index (χ0v) is 13.6. The van der Waals surface area contributed by atoms with Gasteiger partial charge >= 0.3 is 0 Å². The van der Waals surface area contributed by atoms with Gasteiger partial charge in [0, 0.05) is 39.4 Å². The number of piperazine rings is 1. The molecular formula is C17H21N5O2. The molecule has 3 rings (SSSR count). The van der Waals surface area contributed by atoms with Crippen molar-refractivity contribution < 1.29 is 9.59 Å². The number of aromatic nitrogens is 2. The fourth-order valence-electron chi connectivity index (χ4n) is 2.97. The maximum atomic E-state index is 12.5. The first kappa shape index (κ1) is 16.2. The van der Waals surface area contributed by atoms with Gasteiger partial charge in [-0.15, -0.1) is 0 Å². The van der Waals surface area contributed by atoms with Crippen LogP contribution in [0.3, 0.4) is 0 Å². The Bertz CT molecular complexity index is 728. The molecular weight excluding hydrogens is 306 g/mol. The van der Waals surface area contributed by atoms with Crippen LogP contribution in [0.25, 0.3) is 0 Å². The first-order valence-electron chi connectivity index (χ1n) is 7.91. The van der Waals surface area contributed by atoms with Crippen LogP contribution in [-0.2, 0) is 18.4 Å². The third kappa shape index (κ3) is 3.46. The van der Waals surface area contributed by atoms with Gasteiger partial charge in [-0.2, -0.15) is 5.10 Å². The Morgan fingerprint density at radius 2 is 1.96 bits per heavy atom. The lowest BCUT2D eigenvalue weighted by Crippen LogP contribution is -2.58. The number of carbonyl (C=O) groups is 2. The molecule has 0 radical (unpaired) electrons. The molecule has 1 aromatic carbocycles. The van der Waals surface area contributed by atoms with Crippen LogP contribution in [0.1, 0.15) is 16.1 Å². The van der Waals surface area contributed by atoms with Crippen molar-refractivity contribution in [3.8, 4) is 0 Å². The van der Waals surface area contributed by atoms with Crippen LogP contribution in [0.15, 0.2) is 42.6 Å². The topological polar surface area (TPSA) is 84.5 Å². The second kappa shape index (κ2) is 6.84. The van der Waals surface area contributed by atoms with Crippen molar-refractivity contribution in [1.82, 2.24) is 19.6 Å². The van der Waals surface area contributed by atoms with E-state index in [9.17, 15) is 9.59 Å². The summed E-state index contributed by atoms with van der Waals surface area (Å²) in [4.78, 5) is 28.1. The van der Waals surface area contributed by atoms with Crippen molar-refractivity contribution >= 4 is 11.8 Å². The predicted octanol–water partition coefficient (Wildman–Crippen LogP) is 0.232. The van der Waals surface area contributed by atoms with Crippen LogP contribution in [0.4, 0.5) is 0 Å². The van der Waals surface area contributed by atoms with Crippen molar-refractivity contribution in [2.75, 3.05) is 19.6 Å². The van der Waals surface area contributed by atoms with E-state index in [1.54, 1.807) is 28.9 Å². The van der Waals surface area contributed by atoms with Crippen molar-refractivity contribution in [3.05, 3.63) is 53.9 Å². The molecule has 1 aromatic heterocycles. The molecule has 24 heavy (non-hydrogen) atoms. The lowest BCUT2D eigenvalue weighted by atomic mass is 10.1. The maximum absolute atomic E-state index is 12.5. The van der Waals surface area contributed by atoms with Crippen molar-refractivity contribution in [3.63, 3.8) is 0 Å². The molecule has 2 heterocycles. The van der Waals surface area contributed by atoms with Gasteiger partial charge < -0.3 is 10.6 Å². The summed E-state index contributed by atoms with van der Waals surface area (Å²) in [5.41, 5.74) is 7.08. The monoisotopic (exact) mass is 327 g/mol. The smallest absolute Gasteiger partial charge is 0.274 e. The van der Waals surface area contributed by atoms with E-state index in [1.807, 2.05) is 35.2 Å². The molecule has 126 valence electrons. The molecule has 1 atom stereocenters. The fraction of sp³-hybridized carbons (Fsp3) is 0.353. The zero-order valence-electron chi connectivity index (χ0n) is 13.6. The van der Waals surface area contributed by atoms with Crippen molar-refractivity contribution in [2.45, 2.75) is 12.6 Å². The molecule has 1 saturated heterocycles. The fourth-order valence-corrected chi connectivity index (χ4v) is 2.97. The number of amides is 2. The van der Waals surface area contributed by atoms with Crippen LogP contribution in [0.5, 0.6) is 0 Å². The van der Waals surface area contributed by atoms with E-state index in [0.29, 0.717) is 25.3 Å². The highest BCUT2D eigenvalue weighted by atomic mass is 16.2. The molecule has 2 aromatic rings. The van der Waals surface area contributed by atoms with Gasteiger partial charge in [0.2, 0.25) is 5.91 Å². The van der Waals surface area contributed by atoms with E-state index in [4.69, 9.17) is 5.73 Å². The largest absolute Gasteiger partial charge is 0.368 e. The van der Waals surface area contributed by atoms with Gasteiger partial charge in [0.1, 0.15) is 11.7 Å². The first-order valence-corrected chi connectivity index (χ1v) is 7.91. The Balaban J connectivity index is 1.71. The number of primary amides is 1. The summed E-state index contributed by atoms with van der Waals surface area (Å²) >= 11 is 0. The van der Waals surface area contributed by atoms with E-state index in [-0.39, 0.29) is 12.5 Å². The highest BCUT2D eigenvalue weighted by molar-refractivity contribution is 5.93. The summed E-state index contributed by atoms with van der Waals surface area (Å²) in [5, 5.41) is 4.14. The van der Waals surface area contributed by atoms with E-state index < -0.39 is 11.9 Å². The standard InChI is InChI=1S/C17H21N5O2/c1-20-8-7-14(19-20)17(24)22-10-9-21(15(12-22)16(18)23)11-13-5-3-2-4-6-13/h2-8,15H,9-12H2,1H3,(H2,18,23). The summed E-state index contributed by atoms with van der Waals surface area (Å²) < 4.78 is 1.59. The molecule has 2 amide bonds. The number of aryl methyl sites for hydroxylation is 1. The Morgan fingerprint density at radius 1 is 1.21 bits per heavy atom. The van der Waals surface area contributed by atoms with E-state index in [2.05, 4.69) is 5.10 Å². The molecule has 7 nitrogen and oxygen atoms in total. The summed E-state index contributed by atoms with van der Waals surface area (Å²) in [6.07, 6.45) is 1.73. The highest BCUT2D eigenvalue weighted by Crippen LogP contribution is 2.16. The van der Waals surface area contributed by atoms with Gasteiger partial charge in [-0.05, 0) is 11.6 Å². The van der Waals surface area contributed by atoms with Gasteiger partial charge in [0.05, 0.1) is 0 Å². The summed E-state index contributed by atoms with van der Waals surface area (Å²) in [7, 11) is 1.76. The number of carbonyl (C=O) groups excluding carboxylic acids is 2. The predicted molar refractivity (Wildman–Crippen MR) is 88.9 cm³/mol. The van der Waals surface area contributed by atoms with Crippen LogP contribution >= 0.6 is 0 Å². The average molecular weight is 327 g/mol. The van der Waals surface area contributed by atoms with Gasteiger partial charge in [0.15, 0.2) is 0 Å². The second-order valence-corrected chi connectivity index (χ2v) is 6.00. The molecule has 1 fully saturated rings. The molecule has 1 aliphatic heterocycles. The number of rotatable bonds is 4. The normalized spacial score (nSPS) is 18.5. The Labute approximate surface area is 140 Å². The molecule has 0 spiro atoms. The van der Waals surface area contributed by atoms with Gasteiger partial charge in [-0.3, -0.25) is 19.2 Å². The number of nitrogens with zero attached hydrogens (tertiary/aromatic N) is 4. The van der Waals surface area contributed by atoms with Gasteiger partial charge in [-0.1, -0.05) is 30.3 Å². The third-order valence-electron chi connectivity index (χ3n) is 4.27. The minimum Gasteiger partial charge on any atom is -0.368 e. The van der Waals surface area contributed by atoms with Crippen LogP contribution in [-0.4, -0.2) is 57.1 Å². The number of hydrogen-bond acceptors (Lipinski definition) is 4. The van der Waals surface area contributed by atoms with Crippen molar-refractivity contribution in [2.24, 2.45) is 12.8 Å². The number of benzene rings is 1. The molecule has 0 saturated carbocycles. The van der Waals surface area contributed by atoms with E-state index in [1.165, 1.54) is 0 Å². The number of nitrogens with two attached hydrogens (primary N) is 1. The Hall–Kier alpha value is -2.67. The Kier molecular flexibility index (Phi) is 4.61. The highest BCUT2D eigenvalue weighted by Gasteiger charge is 2.33. The second-order valence-electron chi connectivity index (χ2n) is 6.00. The van der Waals surface area contributed by atoms with Crippen LogP contribution in [0.2, 0.25) is 0 Å². The van der Waals surface area contributed by atoms with Crippen molar-refractivity contribution in [1.29, 1.82) is 0 Å².